The van der Waals surface area contributed by atoms with E-state index in [1.54, 1.807) is 49.6 Å². The molecule has 36 heavy (non-hydrogen) atoms. The van der Waals surface area contributed by atoms with Crippen LogP contribution in [0.4, 0.5) is 0 Å². The van der Waals surface area contributed by atoms with E-state index in [9.17, 15) is 4.79 Å². The molecule has 0 aliphatic heterocycles. The van der Waals surface area contributed by atoms with Crippen molar-refractivity contribution in [1.29, 1.82) is 0 Å². The molecule has 2 atom stereocenters. The number of carbonyl (C=O) groups is 1. The van der Waals surface area contributed by atoms with Crippen molar-refractivity contribution >= 4 is 5.97 Å². The van der Waals surface area contributed by atoms with Gasteiger partial charge in [0.2, 0.25) is 11.5 Å². The molecule has 9 nitrogen and oxygen atoms in total. The van der Waals surface area contributed by atoms with Crippen molar-refractivity contribution in [2.24, 2.45) is 0 Å². The normalized spacial score (nSPS) is 18.9. The summed E-state index contributed by atoms with van der Waals surface area (Å²) in [6.07, 6.45) is 1.29. The summed E-state index contributed by atoms with van der Waals surface area (Å²) in [5.41, 5.74) is 1.93. The fraction of sp³-hybridized carbons (Fsp3) is 0.519. The molecule has 1 fully saturated rings. The van der Waals surface area contributed by atoms with Crippen LogP contribution in [-0.2, 0) is 14.3 Å². The fourth-order valence-corrected chi connectivity index (χ4v) is 4.91. The average molecular weight is 505 g/mol. The highest BCUT2D eigenvalue weighted by molar-refractivity contribution is 5.70. The summed E-state index contributed by atoms with van der Waals surface area (Å²) in [4.78, 5) is 12.2. The maximum Gasteiger partial charge on any atom is 0.332 e. The minimum Gasteiger partial charge on any atom is -0.493 e. The minimum atomic E-state index is -0.406. The van der Waals surface area contributed by atoms with E-state index in [1.165, 1.54) is 0 Å². The topological polar surface area (TPSA) is 90.9 Å². The molecule has 2 aromatic carbocycles. The standard InChI is InChI=1S/C27H36O9/c1-8-35-24(28)15-36-25-18(16-11-20(29-2)26(33-6)21(12-16)30-3)9-10-19(25)17-13-22(31-4)27(34-7)23(14-17)32-5/h11-14,18-19,25H,8-10,15H2,1-7H3. The maximum atomic E-state index is 12.2. The molecule has 3 rings (SSSR count). The molecule has 9 heteroatoms. The van der Waals surface area contributed by atoms with Gasteiger partial charge in [0.15, 0.2) is 23.0 Å². The van der Waals surface area contributed by atoms with E-state index in [1.807, 2.05) is 24.3 Å². The molecule has 2 unspecified atom stereocenters. The van der Waals surface area contributed by atoms with Gasteiger partial charge in [0.25, 0.3) is 0 Å². The van der Waals surface area contributed by atoms with Gasteiger partial charge in [0.1, 0.15) is 6.61 Å². The molecule has 0 spiro atoms. The molecule has 0 radical (unpaired) electrons. The monoisotopic (exact) mass is 504 g/mol. The molecule has 1 aliphatic rings. The van der Waals surface area contributed by atoms with Crippen molar-refractivity contribution in [3.63, 3.8) is 0 Å². The molecule has 0 bridgehead atoms. The lowest BCUT2D eigenvalue weighted by Crippen LogP contribution is -2.27. The number of methoxy groups -OCH3 is 6. The molecule has 0 heterocycles. The summed E-state index contributed by atoms with van der Waals surface area (Å²) in [6.45, 7) is 1.91. The van der Waals surface area contributed by atoms with E-state index in [4.69, 9.17) is 37.9 Å². The Balaban J connectivity index is 2.05. The number of esters is 1. The first-order chi connectivity index (χ1) is 17.5. The van der Waals surface area contributed by atoms with Crippen molar-refractivity contribution in [2.45, 2.75) is 37.7 Å². The Morgan fingerprint density at radius 2 is 1.08 bits per heavy atom. The van der Waals surface area contributed by atoms with Gasteiger partial charge in [-0.15, -0.1) is 0 Å². The SMILES string of the molecule is CCOC(=O)COC1C(c2cc(OC)c(OC)c(OC)c2)CCC1c1cc(OC)c(OC)c(OC)c1. The van der Waals surface area contributed by atoms with Crippen LogP contribution < -0.4 is 28.4 Å². The highest BCUT2D eigenvalue weighted by atomic mass is 16.6. The summed E-state index contributed by atoms with van der Waals surface area (Å²) in [5.74, 6) is 2.80. The van der Waals surface area contributed by atoms with Gasteiger partial charge in [-0.1, -0.05) is 0 Å². The average Bonchev–Trinajstić information content (AvgIpc) is 3.34. The molecule has 0 saturated heterocycles. The highest BCUT2D eigenvalue weighted by Crippen LogP contribution is 2.51. The third-order valence-electron chi connectivity index (χ3n) is 6.51. The van der Waals surface area contributed by atoms with Gasteiger partial charge >= 0.3 is 5.97 Å². The van der Waals surface area contributed by atoms with Gasteiger partial charge < -0.3 is 37.9 Å². The van der Waals surface area contributed by atoms with Crippen LogP contribution >= 0.6 is 0 Å². The van der Waals surface area contributed by atoms with Crippen LogP contribution in [-0.4, -0.2) is 67.9 Å². The second kappa shape index (κ2) is 12.6. The van der Waals surface area contributed by atoms with Crippen LogP contribution in [0.2, 0.25) is 0 Å². The summed E-state index contributed by atoms with van der Waals surface area (Å²) in [5, 5.41) is 0. The first kappa shape index (κ1) is 27.3. The third kappa shape index (κ3) is 5.56. The summed E-state index contributed by atoms with van der Waals surface area (Å²) >= 11 is 0. The minimum absolute atomic E-state index is 0.0442. The Kier molecular flexibility index (Phi) is 9.52. The molecular formula is C27H36O9. The fourth-order valence-electron chi connectivity index (χ4n) is 4.91. The van der Waals surface area contributed by atoms with E-state index in [0.29, 0.717) is 41.1 Å². The van der Waals surface area contributed by atoms with Crippen molar-refractivity contribution in [3.8, 4) is 34.5 Å². The van der Waals surface area contributed by atoms with Crippen LogP contribution in [0.15, 0.2) is 24.3 Å². The van der Waals surface area contributed by atoms with E-state index in [-0.39, 0.29) is 24.5 Å². The lowest BCUT2D eigenvalue weighted by Gasteiger charge is -2.27. The third-order valence-corrected chi connectivity index (χ3v) is 6.51. The van der Waals surface area contributed by atoms with Crippen LogP contribution in [0.25, 0.3) is 0 Å². The summed E-state index contributed by atoms with van der Waals surface area (Å²) in [7, 11) is 9.49. The molecule has 0 amide bonds. The Hall–Kier alpha value is -3.33. The molecule has 0 N–H and O–H groups in total. The van der Waals surface area contributed by atoms with Gasteiger partial charge in [-0.2, -0.15) is 0 Å². The molecule has 198 valence electrons. The number of carbonyl (C=O) groups excluding carboxylic acids is 1. The first-order valence-electron chi connectivity index (χ1n) is 11.8. The molecular weight excluding hydrogens is 468 g/mol. The number of benzene rings is 2. The van der Waals surface area contributed by atoms with Crippen molar-refractivity contribution in [1.82, 2.24) is 0 Å². The number of hydrogen-bond acceptors (Lipinski definition) is 9. The van der Waals surface area contributed by atoms with Crippen molar-refractivity contribution < 1.29 is 42.7 Å². The second-order valence-corrected chi connectivity index (χ2v) is 8.29. The van der Waals surface area contributed by atoms with E-state index in [0.717, 1.165) is 24.0 Å². The molecule has 1 saturated carbocycles. The van der Waals surface area contributed by atoms with Gasteiger partial charge in [-0.3, -0.25) is 0 Å². The highest BCUT2D eigenvalue weighted by Gasteiger charge is 2.40. The van der Waals surface area contributed by atoms with Crippen molar-refractivity contribution in [2.75, 3.05) is 55.9 Å². The smallest absolute Gasteiger partial charge is 0.332 e. The second-order valence-electron chi connectivity index (χ2n) is 8.29. The van der Waals surface area contributed by atoms with Gasteiger partial charge in [0, 0.05) is 11.8 Å². The van der Waals surface area contributed by atoms with E-state index < -0.39 is 5.97 Å². The predicted molar refractivity (Wildman–Crippen MR) is 133 cm³/mol. The first-order valence-corrected chi connectivity index (χ1v) is 11.8. The molecule has 2 aromatic rings. The Morgan fingerprint density at radius 1 is 0.694 bits per heavy atom. The Bertz CT molecular complexity index is 914. The van der Waals surface area contributed by atoms with Crippen LogP contribution in [0.1, 0.15) is 42.7 Å². The van der Waals surface area contributed by atoms with Crippen LogP contribution in [0.3, 0.4) is 0 Å². The zero-order valence-electron chi connectivity index (χ0n) is 22.0. The van der Waals surface area contributed by atoms with Gasteiger partial charge in [-0.25, -0.2) is 4.79 Å². The predicted octanol–water partition coefficient (Wildman–Crippen LogP) is 4.35. The van der Waals surface area contributed by atoms with Crippen LogP contribution in [0, 0.1) is 0 Å². The van der Waals surface area contributed by atoms with E-state index >= 15 is 0 Å². The Labute approximate surface area is 212 Å². The number of hydrogen-bond donors (Lipinski definition) is 0. The zero-order valence-corrected chi connectivity index (χ0v) is 22.0. The number of ether oxygens (including phenoxy) is 8. The van der Waals surface area contributed by atoms with Crippen molar-refractivity contribution in [3.05, 3.63) is 35.4 Å². The van der Waals surface area contributed by atoms with Gasteiger partial charge in [0.05, 0.1) is 55.4 Å². The summed E-state index contributed by atoms with van der Waals surface area (Å²) < 4.78 is 44.7. The Morgan fingerprint density at radius 3 is 1.39 bits per heavy atom. The van der Waals surface area contributed by atoms with E-state index in [2.05, 4.69) is 0 Å². The van der Waals surface area contributed by atoms with Crippen LogP contribution in [0.5, 0.6) is 34.5 Å². The largest absolute Gasteiger partial charge is 0.493 e. The quantitative estimate of drug-likeness (QED) is 0.391. The number of rotatable bonds is 12. The maximum absolute atomic E-state index is 12.2. The molecule has 1 aliphatic carbocycles. The lowest BCUT2D eigenvalue weighted by atomic mass is 9.89. The molecule has 0 aromatic heterocycles. The lowest BCUT2D eigenvalue weighted by molar-refractivity contribution is -0.151. The zero-order chi connectivity index (χ0) is 26.2. The van der Waals surface area contributed by atoms with Gasteiger partial charge in [-0.05, 0) is 55.2 Å². The summed E-state index contributed by atoms with van der Waals surface area (Å²) in [6, 6.07) is 7.74.